The molecule has 2 aromatic carbocycles. The van der Waals surface area contributed by atoms with Crippen molar-refractivity contribution in [2.24, 2.45) is 0 Å². The molecule has 1 fully saturated rings. The molecule has 146 valence electrons. The van der Waals surface area contributed by atoms with E-state index in [-0.39, 0.29) is 17.6 Å². The number of piperidine rings is 1. The van der Waals surface area contributed by atoms with Gasteiger partial charge in [0.25, 0.3) is 5.69 Å². The summed E-state index contributed by atoms with van der Waals surface area (Å²) < 4.78 is 0. The van der Waals surface area contributed by atoms with Crippen LogP contribution in [0.1, 0.15) is 23.5 Å². The van der Waals surface area contributed by atoms with Gasteiger partial charge in [0.15, 0.2) is 0 Å². The molecule has 0 aromatic heterocycles. The summed E-state index contributed by atoms with van der Waals surface area (Å²) in [6.07, 6.45) is 0.975. The molecule has 0 bridgehead atoms. The lowest BCUT2D eigenvalue weighted by atomic mass is 9.89. The summed E-state index contributed by atoms with van der Waals surface area (Å²) in [7, 11) is 2.14. The van der Waals surface area contributed by atoms with Gasteiger partial charge in [-0.1, -0.05) is 17.7 Å². The fourth-order valence-electron chi connectivity index (χ4n) is 4.28. The second-order valence-corrected chi connectivity index (χ2v) is 8.64. The Kier molecular flexibility index (Phi) is 5.12. The van der Waals surface area contributed by atoms with Crippen molar-refractivity contribution in [3.8, 4) is 0 Å². The van der Waals surface area contributed by atoms with E-state index in [0.717, 1.165) is 30.1 Å². The van der Waals surface area contributed by atoms with Crippen LogP contribution in [-0.4, -0.2) is 47.7 Å². The highest BCUT2D eigenvalue weighted by Crippen LogP contribution is 2.45. The molecule has 7 heteroatoms. The summed E-state index contributed by atoms with van der Waals surface area (Å²) in [5.74, 6) is 0.789. The molecular weight excluding hydrogens is 374 g/mol. The fraction of sp³-hybridized carbons (Fsp3) is 0.381. The summed E-state index contributed by atoms with van der Waals surface area (Å²) in [5.41, 5.74) is 3.62. The van der Waals surface area contributed by atoms with Crippen LogP contribution in [0.25, 0.3) is 0 Å². The normalized spacial score (nSPS) is 21.3. The van der Waals surface area contributed by atoms with Crippen molar-refractivity contribution in [3.05, 3.63) is 63.7 Å². The third-order valence-corrected chi connectivity index (χ3v) is 6.63. The molecule has 2 unspecified atom stereocenters. The summed E-state index contributed by atoms with van der Waals surface area (Å²) in [6.45, 7) is 4.06. The Balaban J connectivity index is 1.52. The number of likely N-dealkylation sites (tertiary alicyclic amines) is 1. The van der Waals surface area contributed by atoms with Gasteiger partial charge < -0.3 is 9.80 Å². The van der Waals surface area contributed by atoms with Gasteiger partial charge in [-0.15, -0.1) is 11.8 Å². The molecule has 4 rings (SSSR count). The van der Waals surface area contributed by atoms with E-state index >= 15 is 0 Å². The van der Waals surface area contributed by atoms with Crippen LogP contribution >= 0.6 is 11.8 Å². The zero-order valence-electron chi connectivity index (χ0n) is 16.0. The number of hydrogen-bond acceptors (Lipinski definition) is 5. The van der Waals surface area contributed by atoms with E-state index in [1.54, 1.807) is 12.1 Å². The number of rotatable bonds is 4. The van der Waals surface area contributed by atoms with Gasteiger partial charge in [0, 0.05) is 41.2 Å². The van der Waals surface area contributed by atoms with Gasteiger partial charge in [-0.25, -0.2) is 0 Å². The van der Waals surface area contributed by atoms with Gasteiger partial charge in [0.05, 0.1) is 10.7 Å². The Morgan fingerprint density at radius 2 is 2.00 bits per heavy atom. The third-order valence-electron chi connectivity index (χ3n) is 5.63. The number of hydrogen-bond donors (Lipinski definition) is 0. The van der Waals surface area contributed by atoms with Gasteiger partial charge in [-0.3, -0.25) is 14.9 Å². The maximum Gasteiger partial charge on any atom is 0.269 e. The molecule has 2 atom stereocenters. The molecule has 6 nitrogen and oxygen atoms in total. The van der Waals surface area contributed by atoms with Gasteiger partial charge in [0.2, 0.25) is 5.91 Å². The Labute approximate surface area is 168 Å². The van der Waals surface area contributed by atoms with Crippen LogP contribution in [0.2, 0.25) is 0 Å². The number of thioether (sulfide) groups is 1. The van der Waals surface area contributed by atoms with Crippen molar-refractivity contribution in [1.29, 1.82) is 0 Å². The number of non-ortho nitro benzene ring substituents is 1. The highest BCUT2D eigenvalue weighted by molar-refractivity contribution is 8.00. The van der Waals surface area contributed by atoms with Crippen LogP contribution in [0.4, 0.5) is 11.4 Å². The molecule has 0 spiro atoms. The average Bonchev–Trinajstić information content (AvgIpc) is 2.99. The molecule has 2 heterocycles. The van der Waals surface area contributed by atoms with Gasteiger partial charge in [-0.05, 0) is 50.7 Å². The number of amides is 1. The van der Waals surface area contributed by atoms with Crippen molar-refractivity contribution in [3.63, 3.8) is 0 Å². The van der Waals surface area contributed by atoms with Crippen LogP contribution in [-0.2, 0) is 4.79 Å². The summed E-state index contributed by atoms with van der Waals surface area (Å²) in [5, 5.41) is 10.8. The molecular formula is C21H23N3O3S. The number of nitro groups is 1. The first-order valence-corrected chi connectivity index (χ1v) is 10.4. The highest BCUT2D eigenvalue weighted by atomic mass is 32.2. The van der Waals surface area contributed by atoms with E-state index in [9.17, 15) is 14.9 Å². The van der Waals surface area contributed by atoms with E-state index in [0.29, 0.717) is 11.7 Å². The lowest BCUT2D eigenvalue weighted by molar-refractivity contribution is -0.384. The van der Waals surface area contributed by atoms with Crippen LogP contribution in [0.15, 0.2) is 47.4 Å². The Morgan fingerprint density at radius 3 is 2.71 bits per heavy atom. The molecule has 1 amide bonds. The molecule has 0 saturated carbocycles. The average molecular weight is 398 g/mol. The Morgan fingerprint density at radius 1 is 1.25 bits per heavy atom. The van der Waals surface area contributed by atoms with Crippen molar-refractivity contribution in [2.45, 2.75) is 30.2 Å². The number of carbonyl (C=O) groups excluding carboxylic acids is 1. The summed E-state index contributed by atoms with van der Waals surface area (Å²) in [6, 6.07) is 13.0. The minimum absolute atomic E-state index is 0.0636. The minimum Gasteiger partial charge on any atom is -0.308 e. The number of fused-ring (bicyclic) bond motifs is 3. The SMILES string of the molecule is Cc1ccc2c(c1)C1CN(C)CCC1N2C(=O)CSc1ccc([N+](=O)[O-])cc1. The first-order chi connectivity index (χ1) is 13.4. The second kappa shape index (κ2) is 7.56. The van der Waals surface area contributed by atoms with E-state index in [2.05, 4.69) is 37.1 Å². The predicted molar refractivity (Wildman–Crippen MR) is 111 cm³/mol. The number of nitrogens with zero attached hydrogens (tertiary/aromatic N) is 3. The molecule has 0 radical (unpaired) electrons. The standard InChI is InChI=1S/C21H23N3O3S/c1-14-3-8-19-17(11-14)18-12-22(2)10-9-20(18)23(19)21(25)13-28-16-6-4-15(5-7-16)24(26)27/h3-8,11,18,20H,9-10,12-13H2,1-2H3. The molecule has 2 aliphatic heterocycles. The van der Waals surface area contributed by atoms with Gasteiger partial charge in [0.1, 0.15) is 0 Å². The number of likely N-dealkylation sites (N-methyl/N-ethyl adjacent to an activating group) is 1. The first kappa shape index (κ1) is 19.0. The minimum atomic E-state index is -0.414. The lowest BCUT2D eigenvalue weighted by Gasteiger charge is -2.36. The van der Waals surface area contributed by atoms with E-state index in [1.165, 1.54) is 35.0 Å². The lowest BCUT2D eigenvalue weighted by Crippen LogP contribution is -2.47. The number of carbonyl (C=O) groups is 1. The maximum absolute atomic E-state index is 13.2. The van der Waals surface area contributed by atoms with Crippen molar-refractivity contribution in [1.82, 2.24) is 4.90 Å². The molecule has 1 saturated heterocycles. The van der Waals surface area contributed by atoms with Crippen LogP contribution in [0, 0.1) is 17.0 Å². The predicted octanol–water partition coefficient (Wildman–Crippen LogP) is 3.83. The molecule has 28 heavy (non-hydrogen) atoms. The zero-order valence-corrected chi connectivity index (χ0v) is 16.8. The molecule has 2 aromatic rings. The van der Waals surface area contributed by atoms with E-state index in [4.69, 9.17) is 0 Å². The summed E-state index contributed by atoms with van der Waals surface area (Å²) >= 11 is 1.43. The molecule has 0 N–H and O–H groups in total. The monoisotopic (exact) mass is 397 g/mol. The number of anilines is 1. The zero-order chi connectivity index (χ0) is 19.8. The smallest absolute Gasteiger partial charge is 0.269 e. The van der Waals surface area contributed by atoms with E-state index in [1.807, 2.05) is 4.90 Å². The quantitative estimate of drug-likeness (QED) is 0.446. The number of aryl methyl sites for hydroxylation is 1. The van der Waals surface area contributed by atoms with Crippen LogP contribution < -0.4 is 4.90 Å². The first-order valence-electron chi connectivity index (χ1n) is 9.42. The summed E-state index contributed by atoms with van der Waals surface area (Å²) in [4.78, 5) is 28.7. The van der Waals surface area contributed by atoms with Crippen molar-refractivity contribution in [2.75, 3.05) is 30.8 Å². The third kappa shape index (κ3) is 3.52. The molecule has 2 aliphatic rings. The van der Waals surface area contributed by atoms with Crippen molar-refractivity contribution < 1.29 is 9.72 Å². The topological polar surface area (TPSA) is 66.7 Å². The number of nitro benzene ring substituents is 1. The maximum atomic E-state index is 13.2. The van der Waals surface area contributed by atoms with Gasteiger partial charge >= 0.3 is 0 Å². The largest absolute Gasteiger partial charge is 0.308 e. The Hall–Kier alpha value is -2.38. The van der Waals surface area contributed by atoms with Crippen molar-refractivity contribution >= 4 is 29.0 Å². The van der Waals surface area contributed by atoms with Crippen LogP contribution in [0.5, 0.6) is 0 Å². The fourth-order valence-corrected chi connectivity index (χ4v) is 5.04. The van der Waals surface area contributed by atoms with Gasteiger partial charge in [-0.2, -0.15) is 0 Å². The molecule has 0 aliphatic carbocycles. The van der Waals surface area contributed by atoms with Crippen LogP contribution in [0.3, 0.4) is 0 Å². The van der Waals surface area contributed by atoms with E-state index < -0.39 is 4.92 Å². The highest BCUT2D eigenvalue weighted by Gasteiger charge is 2.43. The Bertz CT molecular complexity index is 916. The number of benzene rings is 2. The second-order valence-electron chi connectivity index (χ2n) is 7.59.